The minimum absolute atomic E-state index is 0.0132. The van der Waals surface area contributed by atoms with E-state index in [4.69, 9.17) is 11.6 Å². The van der Waals surface area contributed by atoms with E-state index >= 15 is 0 Å². The first-order chi connectivity index (χ1) is 14.0. The van der Waals surface area contributed by atoms with E-state index < -0.39 is 33.9 Å². The summed E-state index contributed by atoms with van der Waals surface area (Å²) in [6.45, 7) is -0.0906. The third-order valence-corrected chi connectivity index (χ3v) is 6.53. The molecule has 0 saturated carbocycles. The number of piperazine rings is 1. The lowest BCUT2D eigenvalue weighted by Gasteiger charge is -2.34. The molecule has 1 aliphatic rings. The molecule has 6 nitrogen and oxygen atoms in total. The number of alkyl halides is 3. The highest BCUT2D eigenvalue weighted by atomic mass is 35.5. The van der Waals surface area contributed by atoms with Crippen LogP contribution in [0.2, 0.25) is 5.02 Å². The van der Waals surface area contributed by atoms with Gasteiger partial charge in [-0.15, -0.1) is 13.2 Å². The van der Waals surface area contributed by atoms with Crippen molar-refractivity contribution in [2.24, 2.45) is 0 Å². The fourth-order valence-corrected chi connectivity index (χ4v) is 4.52. The molecule has 12 heteroatoms. The van der Waals surface area contributed by atoms with Gasteiger partial charge in [0.2, 0.25) is 10.0 Å². The molecule has 0 unspecified atom stereocenters. The van der Waals surface area contributed by atoms with Crippen LogP contribution in [0.1, 0.15) is 10.4 Å². The van der Waals surface area contributed by atoms with E-state index in [1.165, 1.54) is 17.0 Å². The highest BCUT2D eigenvalue weighted by Crippen LogP contribution is 2.26. The SMILES string of the molecule is O=C(c1cc(Cl)ccc1F)N1CCN(S(=O)(=O)c2ccc(OC(F)(F)F)cc2)CC1. The Kier molecular flexibility index (Phi) is 6.25. The summed E-state index contributed by atoms with van der Waals surface area (Å²) in [6.07, 6.45) is -4.88. The van der Waals surface area contributed by atoms with Crippen molar-refractivity contribution >= 4 is 27.5 Å². The number of amides is 1. The summed E-state index contributed by atoms with van der Waals surface area (Å²) in [6, 6.07) is 7.41. The molecule has 0 bridgehead atoms. The van der Waals surface area contributed by atoms with E-state index in [0.717, 1.165) is 34.6 Å². The number of rotatable bonds is 4. The van der Waals surface area contributed by atoms with Gasteiger partial charge in [0.05, 0.1) is 10.5 Å². The number of carbonyl (C=O) groups is 1. The Balaban J connectivity index is 1.68. The fraction of sp³-hybridized carbons (Fsp3) is 0.278. The molecule has 0 aromatic heterocycles. The predicted octanol–water partition coefficient (Wildman–Crippen LogP) is 3.52. The van der Waals surface area contributed by atoms with E-state index in [1.807, 2.05) is 0 Å². The first-order valence-corrected chi connectivity index (χ1v) is 10.4. The summed E-state index contributed by atoms with van der Waals surface area (Å²) in [4.78, 5) is 13.6. The lowest BCUT2D eigenvalue weighted by molar-refractivity contribution is -0.274. The van der Waals surface area contributed by atoms with Gasteiger partial charge in [-0.25, -0.2) is 12.8 Å². The molecule has 2 aromatic carbocycles. The van der Waals surface area contributed by atoms with Crippen LogP contribution in [0.4, 0.5) is 17.6 Å². The zero-order valence-electron chi connectivity index (χ0n) is 15.2. The number of sulfonamides is 1. The van der Waals surface area contributed by atoms with Gasteiger partial charge in [0, 0.05) is 31.2 Å². The predicted molar refractivity (Wildman–Crippen MR) is 99.2 cm³/mol. The van der Waals surface area contributed by atoms with Gasteiger partial charge in [-0.1, -0.05) is 11.6 Å². The van der Waals surface area contributed by atoms with E-state index in [2.05, 4.69) is 4.74 Å². The Labute approximate surface area is 174 Å². The third kappa shape index (κ3) is 5.02. The Hall–Kier alpha value is -2.37. The molecule has 3 rings (SSSR count). The number of halogens is 5. The average molecular weight is 467 g/mol. The van der Waals surface area contributed by atoms with Gasteiger partial charge in [-0.05, 0) is 42.5 Å². The van der Waals surface area contributed by atoms with Gasteiger partial charge in [0.1, 0.15) is 11.6 Å². The smallest absolute Gasteiger partial charge is 0.406 e. The number of carbonyl (C=O) groups excluding carboxylic acids is 1. The molecule has 1 aliphatic heterocycles. The molecule has 0 radical (unpaired) electrons. The van der Waals surface area contributed by atoms with Crippen LogP contribution in [0.3, 0.4) is 0 Å². The van der Waals surface area contributed by atoms with Gasteiger partial charge >= 0.3 is 6.36 Å². The van der Waals surface area contributed by atoms with Gasteiger partial charge in [-0.3, -0.25) is 4.79 Å². The van der Waals surface area contributed by atoms with Crippen molar-refractivity contribution in [1.82, 2.24) is 9.21 Å². The topological polar surface area (TPSA) is 66.9 Å². The second-order valence-electron chi connectivity index (χ2n) is 6.34. The van der Waals surface area contributed by atoms with Crippen LogP contribution < -0.4 is 4.74 Å². The number of benzene rings is 2. The van der Waals surface area contributed by atoms with E-state index in [0.29, 0.717) is 0 Å². The van der Waals surface area contributed by atoms with Gasteiger partial charge < -0.3 is 9.64 Å². The molecular formula is C18H15ClF4N2O4S. The van der Waals surface area contributed by atoms with Crippen LogP contribution in [0.15, 0.2) is 47.4 Å². The Bertz CT molecular complexity index is 1040. The zero-order valence-corrected chi connectivity index (χ0v) is 16.8. The van der Waals surface area contributed by atoms with Crippen molar-refractivity contribution in [3.8, 4) is 5.75 Å². The van der Waals surface area contributed by atoms with Crippen LogP contribution >= 0.6 is 11.6 Å². The lowest BCUT2D eigenvalue weighted by Crippen LogP contribution is -2.50. The fourth-order valence-electron chi connectivity index (χ4n) is 2.93. The average Bonchev–Trinajstić information content (AvgIpc) is 2.68. The summed E-state index contributed by atoms with van der Waals surface area (Å²) >= 11 is 5.80. The summed E-state index contributed by atoms with van der Waals surface area (Å²) in [5.74, 6) is -1.89. The summed E-state index contributed by atoms with van der Waals surface area (Å²) in [7, 11) is -3.99. The lowest BCUT2D eigenvalue weighted by atomic mass is 10.1. The summed E-state index contributed by atoms with van der Waals surface area (Å²) < 4.78 is 80.8. The number of nitrogens with zero attached hydrogens (tertiary/aromatic N) is 2. The molecule has 0 N–H and O–H groups in total. The van der Waals surface area contributed by atoms with E-state index in [1.54, 1.807) is 0 Å². The summed E-state index contributed by atoms with van der Waals surface area (Å²) in [5.41, 5.74) is -0.209. The maximum absolute atomic E-state index is 13.9. The maximum Gasteiger partial charge on any atom is 0.573 e. The molecule has 2 aromatic rings. The summed E-state index contributed by atoms with van der Waals surface area (Å²) in [5, 5.41) is 0.193. The number of hydrogen-bond donors (Lipinski definition) is 0. The van der Waals surface area contributed by atoms with Crippen molar-refractivity contribution in [3.05, 3.63) is 58.9 Å². The Morgan fingerprint density at radius 1 is 1.00 bits per heavy atom. The molecule has 162 valence electrons. The minimum Gasteiger partial charge on any atom is -0.406 e. The standard InChI is InChI=1S/C18H15ClF4N2O4S/c19-12-1-6-16(20)15(11-12)17(26)24-7-9-25(10-8-24)30(27,28)14-4-2-13(3-5-14)29-18(21,22)23/h1-6,11H,7-10H2. The Morgan fingerprint density at radius 3 is 2.17 bits per heavy atom. The van der Waals surface area contributed by atoms with Crippen molar-refractivity contribution in [2.45, 2.75) is 11.3 Å². The van der Waals surface area contributed by atoms with Gasteiger partial charge in [-0.2, -0.15) is 4.31 Å². The highest BCUT2D eigenvalue weighted by Gasteiger charge is 2.33. The minimum atomic E-state index is -4.88. The molecule has 0 atom stereocenters. The molecule has 30 heavy (non-hydrogen) atoms. The monoisotopic (exact) mass is 466 g/mol. The second kappa shape index (κ2) is 8.40. The molecule has 1 fully saturated rings. The van der Waals surface area contributed by atoms with Crippen LogP contribution in [0.25, 0.3) is 0 Å². The van der Waals surface area contributed by atoms with Crippen molar-refractivity contribution in [1.29, 1.82) is 0 Å². The Morgan fingerprint density at radius 2 is 1.60 bits per heavy atom. The van der Waals surface area contributed by atoms with Crippen LogP contribution in [0.5, 0.6) is 5.75 Å². The molecule has 1 saturated heterocycles. The molecule has 1 amide bonds. The van der Waals surface area contributed by atoms with Gasteiger partial charge in [0.15, 0.2) is 0 Å². The first-order valence-electron chi connectivity index (χ1n) is 8.58. The highest BCUT2D eigenvalue weighted by molar-refractivity contribution is 7.89. The van der Waals surface area contributed by atoms with Crippen LogP contribution in [-0.2, 0) is 10.0 Å². The quantitative estimate of drug-likeness (QED) is 0.647. The van der Waals surface area contributed by atoms with Crippen LogP contribution in [0, 0.1) is 5.82 Å². The van der Waals surface area contributed by atoms with Crippen molar-refractivity contribution in [2.75, 3.05) is 26.2 Å². The third-order valence-electron chi connectivity index (χ3n) is 4.38. The molecule has 1 heterocycles. The van der Waals surface area contributed by atoms with E-state index in [9.17, 15) is 30.8 Å². The molecular weight excluding hydrogens is 452 g/mol. The normalized spacial score (nSPS) is 15.8. The van der Waals surface area contributed by atoms with Crippen LogP contribution in [-0.4, -0.2) is 56.1 Å². The number of hydrogen-bond acceptors (Lipinski definition) is 4. The second-order valence-corrected chi connectivity index (χ2v) is 8.71. The van der Waals surface area contributed by atoms with Gasteiger partial charge in [0.25, 0.3) is 5.91 Å². The largest absolute Gasteiger partial charge is 0.573 e. The van der Waals surface area contributed by atoms with Crippen molar-refractivity contribution in [3.63, 3.8) is 0 Å². The molecule has 0 aliphatic carbocycles. The van der Waals surface area contributed by atoms with E-state index in [-0.39, 0.29) is 41.7 Å². The first kappa shape index (κ1) is 22.3. The number of ether oxygens (including phenoxy) is 1. The zero-order chi connectivity index (χ0) is 22.1. The maximum atomic E-state index is 13.9. The molecule has 0 spiro atoms. The van der Waals surface area contributed by atoms with Crippen molar-refractivity contribution < 1.29 is 35.5 Å².